The third kappa shape index (κ3) is 8.67. The van der Waals surface area contributed by atoms with Crippen LogP contribution in [0.3, 0.4) is 0 Å². The van der Waals surface area contributed by atoms with Gasteiger partial charge in [-0.3, -0.25) is 0 Å². The molecule has 1 atom stereocenters. The molecular formula is C10H24O6Si. The van der Waals surface area contributed by atoms with Crippen molar-refractivity contribution in [2.24, 2.45) is 0 Å². The Kier molecular flexibility index (Phi) is 9.94. The van der Waals surface area contributed by atoms with Gasteiger partial charge in [0.2, 0.25) is 0 Å². The number of hydrogen-bond donors (Lipinski definition) is 2. The first-order valence-electron chi connectivity index (χ1n) is 5.69. The summed E-state index contributed by atoms with van der Waals surface area (Å²) in [7, 11) is 0.754. The van der Waals surface area contributed by atoms with Gasteiger partial charge < -0.3 is 28.2 Å². The molecule has 0 rings (SSSR count). The second-order valence-corrected chi connectivity index (χ2v) is 6.57. The summed E-state index contributed by atoms with van der Waals surface area (Å²) < 4.78 is 21.0. The standard InChI is InChI=1S/C10H24O6Si/c1-13-17(3,14-2)16-7-5-4-6-15-9-10(12)8-11/h10-12H,4-9H2,1-3H3. The Morgan fingerprint density at radius 3 is 2.24 bits per heavy atom. The van der Waals surface area contributed by atoms with Gasteiger partial charge in [0, 0.05) is 34.0 Å². The highest BCUT2D eigenvalue weighted by molar-refractivity contribution is 6.59. The maximum absolute atomic E-state index is 9.00. The summed E-state index contributed by atoms with van der Waals surface area (Å²) in [6.07, 6.45) is 0.879. The summed E-state index contributed by atoms with van der Waals surface area (Å²) in [6.45, 7) is 2.84. The number of hydrogen-bond acceptors (Lipinski definition) is 6. The molecule has 0 radical (unpaired) electrons. The third-order valence-corrected chi connectivity index (χ3v) is 4.52. The molecule has 2 N–H and O–H groups in total. The normalized spacial score (nSPS) is 13.9. The molecular weight excluding hydrogens is 244 g/mol. The van der Waals surface area contributed by atoms with E-state index in [1.165, 1.54) is 0 Å². The number of aliphatic hydroxyl groups excluding tert-OH is 2. The van der Waals surface area contributed by atoms with Crippen molar-refractivity contribution in [2.45, 2.75) is 25.5 Å². The molecule has 0 saturated heterocycles. The molecule has 17 heavy (non-hydrogen) atoms. The van der Waals surface area contributed by atoms with Gasteiger partial charge in [-0.15, -0.1) is 0 Å². The predicted octanol–water partition coefficient (Wildman–Crippen LogP) is 0.0145. The summed E-state index contributed by atoms with van der Waals surface area (Å²) >= 11 is 0. The summed E-state index contributed by atoms with van der Waals surface area (Å²) in [6, 6.07) is 0. The Labute approximate surface area is 104 Å². The Hall–Kier alpha value is -0.0231. The molecule has 104 valence electrons. The van der Waals surface area contributed by atoms with Crippen molar-refractivity contribution in [3.63, 3.8) is 0 Å². The molecule has 0 saturated carbocycles. The van der Waals surface area contributed by atoms with E-state index in [-0.39, 0.29) is 13.2 Å². The van der Waals surface area contributed by atoms with Crippen LogP contribution in [-0.4, -0.2) is 65.8 Å². The van der Waals surface area contributed by atoms with Crippen LogP contribution in [0, 0.1) is 0 Å². The van der Waals surface area contributed by atoms with Crippen molar-refractivity contribution in [3.8, 4) is 0 Å². The van der Waals surface area contributed by atoms with Crippen molar-refractivity contribution in [1.82, 2.24) is 0 Å². The average Bonchev–Trinajstić information content (AvgIpc) is 2.36. The molecule has 0 aromatic carbocycles. The van der Waals surface area contributed by atoms with E-state index in [1.54, 1.807) is 14.2 Å². The fourth-order valence-corrected chi connectivity index (χ4v) is 1.95. The van der Waals surface area contributed by atoms with Crippen LogP contribution in [0.25, 0.3) is 0 Å². The number of aliphatic hydroxyl groups is 2. The largest absolute Gasteiger partial charge is 0.497 e. The van der Waals surface area contributed by atoms with Crippen LogP contribution in [0.5, 0.6) is 0 Å². The highest BCUT2D eigenvalue weighted by atomic mass is 28.4. The lowest BCUT2D eigenvalue weighted by atomic mass is 10.3. The molecule has 0 aromatic rings. The summed E-state index contributed by atoms with van der Waals surface area (Å²) in [4.78, 5) is 0. The van der Waals surface area contributed by atoms with Crippen LogP contribution in [0.1, 0.15) is 12.8 Å². The molecule has 7 heteroatoms. The zero-order valence-corrected chi connectivity index (χ0v) is 11.8. The van der Waals surface area contributed by atoms with Gasteiger partial charge in [-0.1, -0.05) is 0 Å². The lowest BCUT2D eigenvalue weighted by Gasteiger charge is -2.21. The van der Waals surface area contributed by atoms with E-state index in [4.69, 9.17) is 28.2 Å². The van der Waals surface area contributed by atoms with Gasteiger partial charge in [-0.25, -0.2) is 0 Å². The van der Waals surface area contributed by atoms with E-state index in [2.05, 4.69) is 0 Å². The van der Waals surface area contributed by atoms with E-state index in [9.17, 15) is 0 Å². The SMILES string of the molecule is CO[Si](C)(OC)OCCCCOCC(O)CO. The van der Waals surface area contributed by atoms with Crippen molar-refractivity contribution in [3.05, 3.63) is 0 Å². The van der Waals surface area contributed by atoms with E-state index in [1.807, 2.05) is 6.55 Å². The van der Waals surface area contributed by atoms with Crippen LogP contribution < -0.4 is 0 Å². The smallest absolute Gasteiger partial charge is 0.394 e. The quantitative estimate of drug-likeness (QED) is 0.406. The average molecular weight is 268 g/mol. The second-order valence-electron chi connectivity index (χ2n) is 3.74. The topological polar surface area (TPSA) is 77.4 Å². The molecule has 0 fully saturated rings. The lowest BCUT2D eigenvalue weighted by Crippen LogP contribution is -2.40. The van der Waals surface area contributed by atoms with Gasteiger partial charge in [0.05, 0.1) is 13.2 Å². The second kappa shape index (κ2) is 9.95. The van der Waals surface area contributed by atoms with Crippen LogP contribution in [-0.2, 0) is 18.0 Å². The monoisotopic (exact) mass is 268 g/mol. The Morgan fingerprint density at radius 1 is 1.12 bits per heavy atom. The van der Waals surface area contributed by atoms with Gasteiger partial charge in [0.25, 0.3) is 0 Å². The van der Waals surface area contributed by atoms with E-state index >= 15 is 0 Å². The Morgan fingerprint density at radius 2 is 1.71 bits per heavy atom. The highest BCUT2D eigenvalue weighted by Gasteiger charge is 2.31. The number of unbranched alkanes of at least 4 members (excludes halogenated alkanes) is 1. The zero-order chi connectivity index (χ0) is 13.1. The summed E-state index contributed by atoms with van der Waals surface area (Å²) in [5.74, 6) is 0. The van der Waals surface area contributed by atoms with Gasteiger partial charge in [-0.2, -0.15) is 0 Å². The Bertz CT molecular complexity index is 176. The molecule has 0 amide bonds. The van der Waals surface area contributed by atoms with Crippen molar-refractivity contribution in [2.75, 3.05) is 40.6 Å². The van der Waals surface area contributed by atoms with Gasteiger partial charge in [0.1, 0.15) is 6.10 Å². The summed E-state index contributed by atoms with van der Waals surface area (Å²) in [5.41, 5.74) is 0. The zero-order valence-electron chi connectivity index (χ0n) is 10.8. The van der Waals surface area contributed by atoms with Crippen molar-refractivity contribution >= 4 is 8.80 Å². The molecule has 0 heterocycles. The Balaban J connectivity index is 3.35. The lowest BCUT2D eigenvalue weighted by molar-refractivity contribution is 0.00419. The van der Waals surface area contributed by atoms with Crippen LogP contribution in [0.15, 0.2) is 0 Å². The number of rotatable bonds is 11. The van der Waals surface area contributed by atoms with E-state index < -0.39 is 14.9 Å². The molecule has 0 bridgehead atoms. The first kappa shape index (κ1) is 17.0. The van der Waals surface area contributed by atoms with E-state index in [0.717, 1.165) is 12.8 Å². The minimum Gasteiger partial charge on any atom is -0.394 e. The fourth-order valence-electron chi connectivity index (χ4n) is 1.04. The van der Waals surface area contributed by atoms with Gasteiger partial charge in [0.15, 0.2) is 0 Å². The van der Waals surface area contributed by atoms with Crippen LogP contribution in [0.4, 0.5) is 0 Å². The molecule has 1 unspecified atom stereocenters. The van der Waals surface area contributed by atoms with Gasteiger partial charge in [-0.05, 0) is 12.8 Å². The molecule has 0 aliphatic rings. The fraction of sp³-hybridized carbons (Fsp3) is 1.00. The van der Waals surface area contributed by atoms with Crippen molar-refractivity contribution in [1.29, 1.82) is 0 Å². The maximum atomic E-state index is 9.00. The predicted molar refractivity (Wildman–Crippen MR) is 64.7 cm³/mol. The minimum absolute atomic E-state index is 0.167. The van der Waals surface area contributed by atoms with Crippen molar-refractivity contribution < 1.29 is 28.2 Å². The van der Waals surface area contributed by atoms with Crippen LogP contribution in [0.2, 0.25) is 6.55 Å². The first-order chi connectivity index (χ1) is 8.08. The van der Waals surface area contributed by atoms with Gasteiger partial charge >= 0.3 is 8.80 Å². The third-order valence-electron chi connectivity index (χ3n) is 2.31. The van der Waals surface area contributed by atoms with E-state index in [0.29, 0.717) is 13.2 Å². The van der Waals surface area contributed by atoms with Crippen LogP contribution >= 0.6 is 0 Å². The molecule has 0 aromatic heterocycles. The molecule has 6 nitrogen and oxygen atoms in total. The highest BCUT2D eigenvalue weighted by Crippen LogP contribution is 2.07. The molecule has 0 aliphatic heterocycles. The molecule has 0 spiro atoms. The minimum atomic E-state index is -2.40. The first-order valence-corrected chi connectivity index (χ1v) is 7.91. The maximum Gasteiger partial charge on any atom is 0.497 e. The molecule has 0 aliphatic carbocycles. The summed E-state index contributed by atoms with van der Waals surface area (Å²) in [5, 5.41) is 17.6. The number of ether oxygens (including phenoxy) is 1.